The van der Waals surface area contributed by atoms with E-state index in [4.69, 9.17) is 4.42 Å². The highest BCUT2D eigenvalue weighted by molar-refractivity contribution is 5.88. The van der Waals surface area contributed by atoms with E-state index in [-0.39, 0.29) is 22.8 Å². The average Bonchev–Trinajstić information content (AvgIpc) is 3.15. The van der Waals surface area contributed by atoms with Gasteiger partial charge in [0.25, 0.3) is 5.56 Å². The number of H-pyrrole nitrogens is 1. The van der Waals surface area contributed by atoms with Crippen molar-refractivity contribution in [2.75, 3.05) is 0 Å². The van der Waals surface area contributed by atoms with Crippen molar-refractivity contribution < 1.29 is 8.81 Å². The van der Waals surface area contributed by atoms with Gasteiger partial charge in [-0.3, -0.25) is 4.79 Å². The summed E-state index contributed by atoms with van der Waals surface area (Å²) in [5.74, 6) is 0.800. The maximum atomic E-state index is 13.1. The summed E-state index contributed by atoms with van der Waals surface area (Å²) in [5.41, 5.74) is 2.03. The van der Waals surface area contributed by atoms with Gasteiger partial charge in [-0.1, -0.05) is 11.6 Å². The molecule has 0 aliphatic heterocycles. The van der Waals surface area contributed by atoms with Gasteiger partial charge in [0.05, 0.1) is 16.5 Å². The highest BCUT2D eigenvalue weighted by Gasteiger charge is 2.10. The van der Waals surface area contributed by atoms with Crippen LogP contribution < -0.4 is 5.56 Å². The number of nitrogens with zero attached hydrogens (tertiary/aromatic N) is 2. The zero-order chi connectivity index (χ0) is 19.7. The molecule has 28 heavy (non-hydrogen) atoms. The van der Waals surface area contributed by atoms with Crippen molar-refractivity contribution in [1.29, 1.82) is 5.26 Å². The molecular formula is C22H14FN3O2. The van der Waals surface area contributed by atoms with Gasteiger partial charge in [-0.25, -0.2) is 9.37 Å². The number of aromatic nitrogens is 2. The lowest BCUT2D eigenvalue weighted by atomic mass is 10.1. The predicted octanol–water partition coefficient (Wildman–Crippen LogP) is 4.69. The molecule has 0 unspecified atom stereocenters. The number of halogens is 1. The van der Waals surface area contributed by atoms with Crippen molar-refractivity contribution in [2.45, 2.75) is 6.92 Å². The summed E-state index contributed by atoms with van der Waals surface area (Å²) in [5, 5.41) is 10.0. The second kappa shape index (κ2) is 6.97. The van der Waals surface area contributed by atoms with Crippen LogP contribution in [0, 0.1) is 24.1 Å². The molecule has 2 aromatic carbocycles. The highest BCUT2D eigenvalue weighted by Crippen LogP contribution is 2.25. The van der Waals surface area contributed by atoms with Crippen molar-refractivity contribution in [3.05, 3.63) is 87.9 Å². The number of hydrogen-bond donors (Lipinski definition) is 1. The predicted molar refractivity (Wildman–Crippen MR) is 105 cm³/mol. The van der Waals surface area contributed by atoms with Crippen LogP contribution in [-0.2, 0) is 0 Å². The summed E-state index contributed by atoms with van der Waals surface area (Å²) < 4.78 is 18.8. The fourth-order valence-electron chi connectivity index (χ4n) is 2.88. The Labute approximate surface area is 159 Å². The van der Waals surface area contributed by atoms with E-state index in [0.717, 1.165) is 5.56 Å². The molecule has 0 fully saturated rings. The molecule has 0 saturated heterocycles. The Kier molecular flexibility index (Phi) is 4.34. The van der Waals surface area contributed by atoms with E-state index in [0.29, 0.717) is 28.0 Å². The van der Waals surface area contributed by atoms with Crippen LogP contribution in [0.1, 0.15) is 17.1 Å². The topological polar surface area (TPSA) is 82.7 Å². The molecule has 2 aromatic heterocycles. The fourth-order valence-corrected chi connectivity index (χ4v) is 2.88. The molecule has 0 spiro atoms. The summed E-state index contributed by atoms with van der Waals surface area (Å²) >= 11 is 0. The van der Waals surface area contributed by atoms with Crippen LogP contribution >= 0.6 is 0 Å². The minimum Gasteiger partial charge on any atom is -0.457 e. The Hall–Kier alpha value is -3.98. The smallest absolute Gasteiger partial charge is 0.259 e. The van der Waals surface area contributed by atoms with E-state index in [9.17, 15) is 14.4 Å². The number of allylic oxidation sites excluding steroid dienone is 1. The number of furan rings is 1. The van der Waals surface area contributed by atoms with Crippen molar-refractivity contribution >= 4 is 22.6 Å². The summed E-state index contributed by atoms with van der Waals surface area (Å²) in [7, 11) is 0. The first-order valence-corrected chi connectivity index (χ1v) is 8.52. The summed E-state index contributed by atoms with van der Waals surface area (Å²) in [6, 6.07) is 16.7. The van der Waals surface area contributed by atoms with E-state index in [1.54, 1.807) is 36.4 Å². The quantitative estimate of drug-likeness (QED) is 0.529. The van der Waals surface area contributed by atoms with E-state index >= 15 is 0 Å². The molecule has 6 heteroatoms. The summed E-state index contributed by atoms with van der Waals surface area (Å²) in [6.07, 6.45) is 1.51. The number of fused-ring (bicyclic) bond motifs is 1. The Morgan fingerprint density at radius 1 is 1.18 bits per heavy atom. The molecule has 0 atom stereocenters. The SMILES string of the molecule is Cc1ccc2nc(C(C#N)=Cc3ccc(-c4ccc(F)cc4)o3)[nH]c(=O)c2c1. The molecule has 136 valence electrons. The Balaban J connectivity index is 1.73. The molecule has 4 aromatic rings. The van der Waals surface area contributed by atoms with Gasteiger partial charge < -0.3 is 9.40 Å². The first-order valence-electron chi connectivity index (χ1n) is 8.52. The standard InChI is InChI=1S/C22H14FN3O2/c1-13-2-8-19-18(10-13)22(27)26-21(25-19)15(12-24)11-17-7-9-20(28-17)14-3-5-16(23)6-4-14/h2-11H,1H3,(H,25,26,27). The first kappa shape index (κ1) is 17.4. The van der Waals surface area contributed by atoms with Gasteiger partial charge in [0.1, 0.15) is 23.4 Å². The number of nitrogens with one attached hydrogen (secondary N) is 1. The van der Waals surface area contributed by atoms with Crippen LogP contribution in [0.25, 0.3) is 33.9 Å². The number of rotatable bonds is 3. The van der Waals surface area contributed by atoms with Crippen LogP contribution in [0.5, 0.6) is 0 Å². The van der Waals surface area contributed by atoms with Gasteiger partial charge in [-0.2, -0.15) is 5.26 Å². The lowest BCUT2D eigenvalue weighted by Crippen LogP contribution is -2.11. The van der Waals surface area contributed by atoms with Gasteiger partial charge in [-0.05, 0) is 55.5 Å². The van der Waals surface area contributed by atoms with Gasteiger partial charge in [0, 0.05) is 11.6 Å². The molecule has 0 amide bonds. The monoisotopic (exact) mass is 371 g/mol. The second-order valence-corrected chi connectivity index (χ2v) is 6.31. The van der Waals surface area contributed by atoms with Crippen molar-refractivity contribution in [3.8, 4) is 17.4 Å². The minimum atomic E-state index is -0.330. The van der Waals surface area contributed by atoms with Crippen LogP contribution in [0.3, 0.4) is 0 Å². The van der Waals surface area contributed by atoms with Crippen LogP contribution in [0.15, 0.2) is 63.8 Å². The zero-order valence-corrected chi connectivity index (χ0v) is 14.9. The molecule has 0 aliphatic rings. The number of aromatic amines is 1. The summed E-state index contributed by atoms with van der Waals surface area (Å²) in [4.78, 5) is 19.4. The molecule has 0 aliphatic carbocycles. The molecule has 0 saturated carbocycles. The highest BCUT2D eigenvalue weighted by atomic mass is 19.1. The van der Waals surface area contributed by atoms with Crippen molar-refractivity contribution in [2.24, 2.45) is 0 Å². The first-order chi connectivity index (χ1) is 13.5. The largest absolute Gasteiger partial charge is 0.457 e. The lowest BCUT2D eigenvalue weighted by molar-refractivity contribution is 0.571. The maximum Gasteiger partial charge on any atom is 0.259 e. The Morgan fingerprint density at radius 3 is 2.71 bits per heavy atom. The molecule has 0 radical (unpaired) electrons. The van der Waals surface area contributed by atoms with Crippen LogP contribution in [-0.4, -0.2) is 9.97 Å². The van der Waals surface area contributed by atoms with Gasteiger partial charge >= 0.3 is 0 Å². The number of nitriles is 1. The third-order valence-electron chi connectivity index (χ3n) is 4.28. The normalized spacial score (nSPS) is 11.5. The third-order valence-corrected chi connectivity index (χ3v) is 4.28. The Bertz CT molecular complexity index is 1310. The molecule has 1 N–H and O–H groups in total. The van der Waals surface area contributed by atoms with E-state index in [2.05, 4.69) is 9.97 Å². The minimum absolute atomic E-state index is 0.166. The lowest BCUT2D eigenvalue weighted by Gasteiger charge is -2.02. The van der Waals surface area contributed by atoms with E-state index < -0.39 is 0 Å². The molecule has 4 rings (SSSR count). The van der Waals surface area contributed by atoms with Crippen LogP contribution in [0.2, 0.25) is 0 Å². The molecule has 5 nitrogen and oxygen atoms in total. The van der Waals surface area contributed by atoms with E-state index in [1.165, 1.54) is 18.2 Å². The summed E-state index contributed by atoms with van der Waals surface area (Å²) in [6.45, 7) is 1.89. The van der Waals surface area contributed by atoms with Gasteiger partial charge in [-0.15, -0.1) is 0 Å². The zero-order valence-electron chi connectivity index (χ0n) is 14.9. The molecule has 2 heterocycles. The fraction of sp³-hybridized carbons (Fsp3) is 0.0455. The number of benzene rings is 2. The van der Waals surface area contributed by atoms with Crippen molar-refractivity contribution in [1.82, 2.24) is 9.97 Å². The third kappa shape index (κ3) is 3.33. The van der Waals surface area contributed by atoms with Gasteiger partial charge in [0.2, 0.25) is 0 Å². The number of aryl methyl sites for hydroxylation is 1. The Morgan fingerprint density at radius 2 is 1.96 bits per heavy atom. The maximum absolute atomic E-state index is 13.1. The van der Waals surface area contributed by atoms with Crippen LogP contribution in [0.4, 0.5) is 4.39 Å². The molecular weight excluding hydrogens is 357 g/mol. The molecule has 0 bridgehead atoms. The number of hydrogen-bond acceptors (Lipinski definition) is 4. The second-order valence-electron chi connectivity index (χ2n) is 6.31. The van der Waals surface area contributed by atoms with Gasteiger partial charge in [0.15, 0.2) is 5.82 Å². The average molecular weight is 371 g/mol. The van der Waals surface area contributed by atoms with E-state index in [1.807, 2.05) is 19.1 Å². The van der Waals surface area contributed by atoms with Crippen molar-refractivity contribution in [3.63, 3.8) is 0 Å².